The Morgan fingerprint density at radius 3 is 2.38 bits per heavy atom. The van der Waals surface area contributed by atoms with Crippen molar-refractivity contribution in [3.63, 3.8) is 0 Å². The van der Waals surface area contributed by atoms with Gasteiger partial charge < -0.3 is 10.5 Å². The molecule has 0 aliphatic rings. The highest BCUT2D eigenvalue weighted by molar-refractivity contribution is 6.31. The van der Waals surface area contributed by atoms with E-state index in [1.165, 1.54) is 0 Å². The summed E-state index contributed by atoms with van der Waals surface area (Å²) in [6.45, 7) is 3.82. The van der Waals surface area contributed by atoms with Gasteiger partial charge in [0.1, 0.15) is 6.61 Å². The van der Waals surface area contributed by atoms with E-state index in [1.807, 2.05) is 44.2 Å². The minimum Gasteiger partial charge on any atom is -0.460 e. The quantitative estimate of drug-likeness (QED) is 0.687. The molecule has 0 atom stereocenters. The molecule has 0 fully saturated rings. The molecule has 3 nitrogen and oxygen atoms in total. The summed E-state index contributed by atoms with van der Waals surface area (Å²) in [4.78, 5) is 12.3. The molecule has 4 heteroatoms. The number of hydrogen-bond acceptors (Lipinski definition) is 3. The summed E-state index contributed by atoms with van der Waals surface area (Å²) in [5, 5.41) is 0.593. The first kappa shape index (κ1) is 15.4. The number of anilines is 1. The van der Waals surface area contributed by atoms with Gasteiger partial charge in [-0.3, -0.25) is 4.79 Å². The van der Waals surface area contributed by atoms with Crippen LogP contribution in [0.5, 0.6) is 0 Å². The number of carbonyl (C=O) groups excluding carboxylic acids is 1. The molecule has 2 aromatic carbocycles. The van der Waals surface area contributed by atoms with Gasteiger partial charge in [0.2, 0.25) is 0 Å². The van der Waals surface area contributed by atoms with Crippen molar-refractivity contribution in [1.29, 1.82) is 0 Å². The van der Waals surface area contributed by atoms with Crippen molar-refractivity contribution in [2.45, 2.75) is 25.9 Å². The zero-order valence-electron chi connectivity index (χ0n) is 12.1. The summed E-state index contributed by atoms with van der Waals surface area (Å²) in [6.07, 6.45) is 0. The lowest BCUT2D eigenvalue weighted by molar-refractivity contribution is -0.150. The van der Waals surface area contributed by atoms with Crippen LogP contribution in [0.1, 0.15) is 25.0 Å². The first-order chi connectivity index (χ1) is 9.91. The van der Waals surface area contributed by atoms with E-state index < -0.39 is 5.41 Å². The Bertz CT molecular complexity index is 635. The Labute approximate surface area is 129 Å². The molecule has 0 radical (unpaired) electrons. The number of ether oxygens (including phenoxy) is 1. The van der Waals surface area contributed by atoms with Crippen molar-refractivity contribution in [3.05, 3.63) is 64.7 Å². The third kappa shape index (κ3) is 3.56. The summed E-state index contributed by atoms with van der Waals surface area (Å²) >= 11 is 6.05. The van der Waals surface area contributed by atoms with E-state index in [4.69, 9.17) is 22.1 Å². The Morgan fingerprint density at radius 1 is 1.14 bits per heavy atom. The molecule has 110 valence electrons. The normalized spacial score (nSPS) is 11.2. The standard InChI is InChI=1S/C17H18ClNO2/c1-17(2,13-7-9-14(19)10-8-13)16(20)21-11-12-5-3-4-6-15(12)18/h3-10H,11,19H2,1-2H3. The fraction of sp³-hybridized carbons (Fsp3) is 0.235. The Hall–Kier alpha value is -2.00. The summed E-state index contributed by atoms with van der Waals surface area (Å²) in [6, 6.07) is 14.5. The van der Waals surface area contributed by atoms with Crippen LogP contribution in [-0.4, -0.2) is 5.97 Å². The van der Waals surface area contributed by atoms with E-state index in [0.717, 1.165) is 11.1 Å². The highest BCUT2D eigenvalue weighted by Crippen LogP contribution is 2.26. The van der Waals surface area contributed by atoms with Crippen LogP contribution in [0, 0.1) is 0 Å². The topological polar surface area (TPSA) is 52.3 Å². The van der Waals surface area contributed by atoms with Gasteiger partial charge in [-0.1, -0.05) is 41.9 Å². The Morgan fingerprint density at radius 2 is 1.76 bits per heavy atom. The van der Waals surface area contributed by atoms with E-state index in [9.17, 15) is 4.79 Å². The molecule has 0 saturated carbocycles. The van der Waals surface area contributed by atoms with Crippen molar-refractivity contribution in [2.75, 3.05) is 5.73 Å². The zero-order chi connectivity index (χ0) is 15.5. The molecule has 0 amide bonds. The van der Waals surface area contributed by atoms with Crippen LogP contribution < -0.4 is 5.73 Å². The number of hydrogen-bond donors (Lipinski definition) is 1. The predicted molar refractivity (Wildman–Crippen MR) is 85.1 cm³/mol. The average Bonchev–Trinajstić information content (AvgIpc) is 2.46. The molecule has 2 rings (SSSR count). The minimum atomic E-state index is -0.741. The molecule has 0 aliphatic carbocycles. The molecule has 0 heterocycles. The van der Waals surface area contributed by atoms with Crippen LogP contribution in [-0.2, 0) is 21.6 Å². The summed E-state index contributed by atoms with van der Waals surface area (Å²) in [5.41, 5.74) is 7.25. The van der Waals surface area contributed by atoms with Gasteiger partial charge in [0, 0.05) is 16.3 Å². The van der Waals surface area contributed by atoms with Crippen LogP contribution in [0.4, 0.5) is 5.69 Å². The van der Waals surface area contributed by atoms with Crippen molar-refractivity contribution in [1.82, 2.24) is 0 Å². The molecule has 0 unspecified atom stereocenters. The first-order valence-corrected chi connectivity index (χ1v) is 7.05. The lowest BCUT2D eigenvalue weighted by atomic mass is 9.85. The number of halogens is 1. The largest absolute Gasteiger partial charge is 0.460 e. The average molecular weight is 304 g/mol. The van der Waals surface area contributed by atoms with Gasteiger partial charge in [0.15, 0.2) is 0 Å². The third-order valence-corrected chi connectivity index (χ3v) is 3.83. The second-order valence-corrected chi connectivity index (χ2v) is 5.82. The maximum absolute atomic E-state index is 12.3. The van der Waals surface area contributed by atoms with Crippen LogP contribution in [0.3, 0.4) is 0 Å². The SMILES string of the molecule is CC(C)(C(=O)OCc1ccccc1Cl)c1ccc(N)cc1. The molecule has 0 saturated heterocycles. The number of rotatable bonds is 4. The van der Waals surface area contributed by atoms with Gasteiger partial charge in [-0.05, 0) is 37.6 Å². The number of carbonyl (C=O) groups is 1. The number of nitrogen functional groups attached to an aromatic ring is 1. The second kappa shape index (κ2) is 6.19. The van der Waals surface area contributed by atoms with E-state index in [2.05, 4.69) is 0 Å². The van der Waals surface area contributed by atoms with Crippen LogP contribution in [0.15, 0.2) is 48.5 Å². The number of esters is 1. The van der Waals surface area contributed by atoms with Gasteiger partial charge in [-0.25, -0.2) is 0 Å². The van der Waals surface area contributed by atoms with E-state index in [0.29, 0.717) is 10.7 Å². The number of benzene rings is 2. The maximum atomic E-state index is 12.3. The Balaban J connectivity index is 2.08. The van der Waals surface area contributed by atoms with Crippen molar-refractivity contribution >= 4 is 23.3 Å². The van der Waals surface area contributed by atoms with E-state index >= 15 is 0 Å². The van der Waals surface area contributed by atoms with Gasteiger partial charge in [0.25, 0.3) is 0 Å². The molecular formula is C17H18ClNO2. The van der Waals surface area contributed by atoms with Gasteiger partial charge >= 0.3 is 5.97 Å². The maximum Gasteiger partial charge on any atom is 0.316 e. The summed E-state index contributed by atoms with van der Waals surface area (Å²) < 4.78 is 5.40. The van der Waals surface area contributed by atoms with Gasteiger partial charge in [0.05, 0.1) is 5.41 Å². The Kier molecular flexibility index (Phi) is 4.53. The fourth-order valence-electron chi connectivity index (χ4n) is 1.96. The molecule has 0 spiro atoms. The molecule has 2 N–H and O–H groups in total. The predicted octanol–water partition coefficient (Wildman–Crippen LogP) is 3.94. The van der Waals surface area contributed by atoms with Gasteiger partial charge in [-0.15, -0.1) is 0 Å². The second-order valence-electron chi connectivity index (χ2n) is 5.41. The highest BCUT2D eigenvalue weighted by Gasteiger charge is 2.31. The van der Waals surface area contributed by atoms with Crippen molar-refractivity contribution in [2.24, 2.45) is 0 Å². The first-order valence-electron chi connectivity index (χ1n) is 6.68. The number of nitrogens with two attached hydrogens (primary N) is 1. The lowest BCUT2D eigenvalue weighted by Crippen LogP contribution is -2.31. The van der Waals surface area contributed by atoms with Crippen molar-refractivity contribution < 1.29 is 9.53 Å². The zero-order valence-corrected chi connectivity index (χ0v) is 12.9. The molecular weight excluding hydrogens is 286 g/mol. The third-order valence-electron chi connectivity index (χ3n) is 3.46. The smallest absolute Gasteiger partial charge is 0.316 e. The van der Waals surface area contributed by atoms with Crippen LogP contribution in [0.25, 0.3) is 0 Å². The van der Waals surface area contributed by atoms with E-state index in [1.54, 1.807) is 18.2 Å². The van der Waals surface area contributed by atoms with Crippen LogP contribution in [0.2, 0.25) is 5.02 Å². The molecule has 2 aromatic rings. The monoisotopic (exact) mass is 303 g/mol. The lowest BCUT2D eigenvalue weighted by Gasteiger charge is -2.23. The highest BCUT2D eigenvalue weighted by atomic mass is 35.5. The van der Waals surface area contributed by atoms with Gasteiger partial charge in [-0.2, -0.15) is 0 Å². The molecule has 0 aromatic heterocycles. The molecule has 21 heavy (non-hydrogen) atoms. The fourth-order valence-corrected chi connectivity index (χ4v) is 2.15. The minimum absolute atomic E-state index is 0.164. The summed E-state index contributed by atoms with van der Waals surface area (Å²) in [5.74, 6) is -0.299. The van der Waals surface area contributed by atoms with Crippen LogP contribution >= 0.6 is 11.6 Å². The van der Waals surface area contributed by atoms with E-state index in [-0.39, 0.29) is 12.6 Å². The molecule has 0 aliphatic heterocycles. The summed E-state index contributed by atoms with van der Waals surface area (Å²) in [7, 11) is 0. The van der Waals surface area contributed by atoms with Crippen molar-refractivity contribution in [3.8, 4) is 0 Å². The molecule has 0 bridgehead atoms.